The van der Waals surface area contributed by atoms with E-state index in [4.69, 9.17) is 0 Å². The van der Waals surface area contributed by atoms with E-state index in [0.717, 1.165) is 43.0 Å². The van der Waals surface area contributed by atoms with Crippen molar-refractivity contribution in [3.05, 3.63) is 59.4 Å². The number of amides is 1. The third kappa shape index (κ3) is 4.40. The average Bonchev–Trinajstić information content (AvgIpc) is 2.62. The summed E-state index contributed by atoms with van der Waals surface area (Å²) in [5, 5.41) is 3.06. The molecule has 1 amide bonds. The zero-order valence-corrected chi connectivity index (χ0v) is 15.1. The van der Waals surface area contributed by atoms with Crippen molar-refractivity contribution in [3.63, 3.8) is 0 Å². The second kappa shape index (κ2) is 8.14. The van der Waals surface area contributed by atoms with Crippen molar-refractivity contribution < 1.29 is 18.0 Å². The Hall–Kier alpha value is -1.99. The molecular weight excluding hydrogens is 361 g/mol. The van der Waals surface area contributed by atoms with Crippen molar-refractivity contribution in [1.82, 2.24) is 4.90 Å². The molecule has 0 bridgehead atoms. The largest absolute Gasteiger partial charge is 0.322 e. The Morgan fingerprint density at radius 3 is 2.58 bits per heavy atom. The number of carbonyl (C=O) groups excluding carboxylic acids is 1. The lowest BCUT2D eigenvalue weighted by molar-refractivity contribution is 0.102. The van der Waals surface area contributed by atoms with E-state index < -0.39 is 28.9 Å². The zero-order chi connectivity index (χ0) is 18.7. The van der Waals surface area contributed by atoms with Gasteiger partial charge in [-0.05, 0) is 63.3 Å². The smallest absolute Gasteiger partial charge is 0.258 e. The van der Waals surface area contributed by atoms with Crippen molar-refractivity contribution in [3.8, 4) is 0 Å². The first-order chi connectivity index (χ1) is 12.4. The van der Waals surface area contributed by atoms with Gasteiger partial charge in [-0.1, -0.05) is 6.07 Å². The first-order valence-electron chi connectivity index (χ1n) is 8.34. The van der Waals surface area contributed by atoms with Crippen molar-refractivity contribution in [2.75, 3.05) is 25.5 Å². The molecule has 0 spiro atoms. The van der Waals surface area contributed by atoms with Gasteiger partial charge < -0.3 is 10.2 Å². The molecule has 1 fully saturated rings. The zero-order valence-electron chi connectivity index (χ0n) is 14.3. The molecule has 2 aromatic carbocycles. The Kier molecular flexibility index (Phi) is 5.88. The molecule has 1 N–H and O–H groups in total. The standard InChI is InChI=1S/C19H19F3N2OS/c1-24-9-7-13(8-10-24)26-14-4-2-3-12(11-14)23-19(25)15-5-6-16(20)18(22)17(15)21/h2-6,11,13H,7-10H2,1H3,(H,23,25). The second-order valence-corrected chi connectivity index (χ2v) is 7.70. The number of anilines is 1. The quantitative estimate of drug-likeness (QED) is 0.791. The average molecular weight is 380 g/mol. The van der Waals surface area contributed by atoms with Crippen LogP contribution >= 0.6 is 11.8 Å². The highest BCUT2D eigenvalue weighted by Crippen LogP contribution is 2.31. The first-order valence-corrected chi connectivity index (χ1v) is 9.22. The molecule has 7 heteroatoms. The van der Waals surface area contributed by atoms with Crippen LogP contribution in [0.3, 0.4) is 0 Å². The summed E-state index contributed by atoms with van der Waals surface area (Å²) in [6.07, 6.45) is 2.19. The third-order valence-corrected chi connectivity index (χ3v) is 5.67. The number of hydrogen-bond acceptors (Lipinski definition) is 3. The van der Waals surface area contributed by atoms with Crippen LogP contribution in [0.4, 0.5) is 18.9 Å². The van der Waals surface area contributed by atoms with Gasteiger partial charge in [-0.15, -0.1) is 11.8 Å². The van der Waals surface area contributed by atoms with Gasteiger partial charge in [0.2, 0.25) is 0 Å². The van der Waals surface area contributed by atoms with Crippen LogP contribution < -0.4 is 5.32 Å². The van der Waals surface area contributed by atoms with E-state index in [0.29, 0.717) is 10.9 Å². The van der Waals surface area contributed by atoms with E-state index >= 15 is 0 Å². The van der Waals surface area contributed by atoms with E-state index in [1.807, 2.05) is 6.07 Å². The number of likely N-dealkylation sites (tertiary alicyclic amines) is 1. The lowest BCUT2D eigenvalue weighted by atomic mass is 10.1. The Morgan fingerprint density at radius 2 is 1.85 bits per heavy atom. The minimum atomic E-state index is -1.65. The number of benzene rings is 2. The molecule has 0 aromatic heterocycles. The summed E-state index contributed by atoms with van der Waals surface area (Å²) in [5.74, 6) is -5.28. The van der Waals surface area contributed by atoms with Crippen LogP contribution in [-0.2, 0) is 0 Å². The molecular formula is C19H19F3N2OS. The second-order valence-electron chi connectivity index (χ2n) is 6.33. The van der Waals surface area contributed by atoms with Gasteiger partial charge >= 0.3 is 0 Å². The highest BCUT2D eigenvalue weighted by atomic mass is 32.2. The number of nitrogens with zero attached hydrogens (tertiary/aromatic N) is 1. The maximum atomic E-state index is 13.8. The van der Waals surface area contributed by atoms with Crippen LogP contribution in [0.25, 0.3) is 0 Å². The summed E-state index contributed by atoms with van der Waals surface area (Å²) >= 11 is 1.75. The van der Waals surface area contributed by atoms with Crippen LogP contribution in [0.15, 0.2) is 41.3 Å². The van der Waals surface area contributed by atoms with Crippen molar-refractivity contribution in [2.24, 2.45) is 0 Å². The van der Waals surface area contributed by atoms with Gasteiger partial charge in [-0.25, -0.2) is 13.2 Å². The Balaban J connectivity index is 1.69. The molecule has 0 atom stereocenters. The fourth-order valence-electron chi connectivity index (χ4n) is 2.84. The predicted octanol–water partition coefficient (Wildman–Crippen LogP) is 4.54. The van der Waals surface area contributed by atoms with E-state index in [-0.39, 0.29) is 0 Å². The van der Waals surface area contributed by atoms with Gasteiger partial charge in [0.15, 0.2) is 17.5 Å². The lowest BCUT2D eigenvalue weighted by Crippen LogP contribution is -2.31. The van der Waals surface area contributed by atoms with Crippen molar-refractivity contribution in [1.29, 1.82) is 0 Å². The highest BCUT2D eigenvalue weighted by Gasteiger charge is 2.20. The highest BCUT2D eigenvalue weighted by molar-refractivity contribution is 8.00. The summed E-state index contributed by atoms with van der Waals surface area (Å²) in [4.78, 5) is 15.5. The molecule has 1 aliphatic heterocycles. The molecule has 0 aliphatic carbocycles. The Morgan fingerprint density at radius 1 is 1.12 bits per heavy atom. The van der Waals surface area contributed by atoms with Gasteiger partial charge in [0.1, 0.15) is 0 Å². The molecule has 0 radical (unpaired) electrons. The van der Waals surface area contributed by atoms with E-state index in [9.17, 15) is 18.0 Å². The van der Waals surface area contributed by atoms with E-state index in [1.165, 1.54) is 0 Å². The van der Waals surface area contributed by atoms with Crippen LogP contribution in [0.1, 0.15) is 23.2 Å². The van der Waals surface area contributed by atoms with E-state index in [2.05, 4.69) is 17.3 Å². The summed E-state index contributed by atoms with van der Waals surface area (Å²) in [7, 11) is 2.11. The van der Waals surface area contributed by atoms with Crippen molar-refractivity contribution >= 4 is 23.4 Å². The molecule has 1 saturated heterocycles. The van der Waals surface area contributed by atoms with Crippen LogP contribution in [0, 0.1) is 17.5 Å². The topological polar surface area (TPSA) is 32.3 Å². The molecule has 3 rings (SSSR count). The lowest BCUT2D eigenvalue weighted by Gasteiger charge is -2.28. The number of nitrogens with one attached hydrogen (secondary N) is 1. The fourth-order valence-corrected chi connectivity index (χ4v) is 4.03. The molecule has 0 saturated carbocycles. The fraction of sp³-hybridized carbons (Fsp3) is 0.316. The Labute approximate surface area is 154 Å². The number of hydrogen-bond donors (Lipinski definition) is 1. The third-order valence-electron chi connectivity index (χ3n) is 4.34. The van der Waals surface area contributed by atoms with Crippen LogP contribution in [-0.4, -0.2) is 36.2 Å². The first kappa shape index (κ1) is 18.8. The summed E-state index contributed by atoms with van der Waals surface area (Å²) in [6.45, 7) is 2.12. The Bertz CT molecular complexity index is 807. The SMILES string of the molecule is CN1CCC(Sc2cccc(NC(=O)c3ccc(F)c(F)c3F)c2)CC1. The molecule has 2 aromatic rings. The van der Waals surface area contributed by atoms with Crippen LogP contribution in [0.2, 0.25) is 0 Å². The van der Waals surface area contributed by atoms with Gasteiger partial charge in [0.05, 0.1) is 5.56 Å². The van der Waals surface area contributed by atoms with Crippen LogP contribution in [0.5, 0.6) is 0 Å². The minimum Gasteiger partial charge on any atom is -0.322 e. The molecule has 1 heterocycles. The van der Waals surface area contributed by atoms with Gasteiger partial charge in [-0.3, -0.25) is 4.79 Å². The molecule has 1 aliphatic rings. The van der Waals surface area contributed by atoms with Crippen molar-refractivity contribution in [2.45, 2.75) is 23.0 Å². The number of halogens is 3. The van der Waals surface area contributed by atoms with Gasteiger partial charge in [0.25, 0.3) is 5.91 Å². The molecule has 138 valence electrons. The van der Waals surface area contributed by atoms with Gasteiger partial charge in [0, 0.05) is 15.8 Å². The minimum absolute atomic E-state index is 0.483. The maximum Gasteiger partial charge on any atom is 0.258 e. The maximum absolute atomic E-state index is 13.8. The summed E-state index contributed by atoms with van der Waals surface area (Å²) in [5.41, 5.74) is -0.0469. The summed E-state index contributed by atoms with van der Waals surface area (Å²) in [6, 6.07) is 8.90. The molecule has 26 heavy (non-hydrogen) atoms. The number of piperidine rings is 1. The molecule has 0 unspecified atom stereocenters. The molecule has 3 nitrogen and oxygen atoms in total. The number of carbonyl (C=O) groups is 1. The summed E-state index contributed by atoms with van der Waals surface area (Å²) < 4.78 is 40.1. The predicted molar refractivity (Wildman–Crippen MR) is 97.1 cm³/mol. The number of thioether (sulfide) groups is 1. The van der Waals surface area contributed by atoms with Gasteiger partial charge in [-0.2, -0.15) is 0 Å². The van der Waals surface area contributed by atoms with E-state index in [1.54, 1.807) is 30.0 Å². The normalized spacial score (nSPS) is 15.8. The number of rotatable bonds is 4. The monoisotopic (exact) mass is 380 g/mol.